The van der Waals surface area contributed by atoms with E-state index in [4.69, 9.17) is 10.5 Å². The molecule has 0 saturated carbocycles. The van der Waals surface area contributed by atoms with E-state index in [1.54, 1.807) is 0 Å². The van der Waals surface area contributed by atoms with Gasteiger partial charge in [0.2, 0.25) is 0 Å². The van der Waals surface area contributed by atoms with Gasteiger partial charge >= 0.3 is 0 Å². The average Bonchev–Trinajstić information content (AvgIpc) is 2.50. The Morgan fingerprint density at radius 1 is 1.50 bits per heavy atom. The summed E-state index contributed by atoms with van der Waals surface area (Å²) in [5, 5.41) is 0. The van der Waals surface area contributed by atoms with Crippen LogP contribution >= 0.6 is 0 Å². The van der Waals surface area contributed by atoms with Crippen molar-refractivity contribution in [2.24, 2.45) is 5.73 Å². The van der Waals surface area contributed by atoms with Crippen LogP contribution < -0.4 is 10.5 Å². The molecule has 1 aromatic rings. The highest BCUT2D eigenvalue weighted by Gasteiger charge is 2.17. The molecule has 0 radical (unpaired) electrons. The third kappa shape index (κ3) is 2.22. The van der Waals surface area contributed by atoms with Crippen molar-refractivity contribution in [3.8, 4) is 5.75 Å². The molecule has 0 fully saturated rings. The van der Waals surface area contributed by atoms with E-state index < -0.39 is 0 Å². The molecule has 0 bridgehead atoms. The van der Waals surface area contributed by atoms with Crippen LogP contribution in [-0.2, 0) is 0 Å². The van der Waals surface area contributed by atoms with Gasteiger partial charge in [-0.25, -0.2) is 0 Å². The quantitative estimate of drug-likeness (QED) is 0.827. The van der Waals surface area contributed by atoms with E-state index in [1.165, 1.54) is 11.1 Å². The van der Waals surface area contributed by atoms with Crippen LogP contribution in [0.3, 0.4) is 0 Å². The van der Waals surface area contributed by atoms with Crippen LogP contribution in [0.4, 0.5) is 0 Å². The van der Waals surface area contributed by atoms with Gasteiger partial charge in [-0.2, -0.15) is 0 Å². The van der Waals surface area contributed by atoms with Gasteiger partial charge in [0.05, 0.1) is 6.61 Å². The first-order valence-electron chi connectivity index (χ1n) is 6.24. The second-order valence-electron chi connectivity index (χ2n) is 4.70. The topological polar surface area (TPSA) is 35.2 Å². The number of benzene rings is 1. The third-order valence-corrected chi connectivity index (χ3v) is 3.53. The molecular weight excluding hydrogens is 198 g/mol. The summed E-state index contributed by atoms with van der Waals surface area (Å²) in [4.78, 5) is 0. The molecule has 88 valence electrons. The van der Waals surface area contributed by atoms with Crippen LogP contribution in [0.1, 0.15) is 56.2 Å². The van der Waals surface area contributed by atoms with E-state index >= 15 is 0 Å². The Morgan fingerprint density at radius 3 is 3.06 bits per heavy atom. The first kappa shape index (κ1) is 11.5. The first-order chi connectivity index (χ1) is 7.72. The highest BCUT2D eigenvalue weighted by molar-refractivity contribution is 5.41. The molecule has 2 N–H and O–H groups in total. The van der Waals surface area contributed by atoms with E-state index in [-0.39, 0.29) is 6.04 Å². The lowest BCUT2D eigenvalue weighted by Crippen LogP contribution is -2.09. The molecule has 1 heterocycles. The molecule has 1 aliphatic heterocycles. The van der Waals surface area contributed by atoms with E-state index in [0.29, 0.717) is 5.92 Å². The summed E-state index contributed by atoms with van der Waals surface area (Å²) in [6.45, 7) is 5.26. The highest BCUT2D eigenvalue weighted by atomic mass is 16.5. The minimum absolute atomic E-state index is 0.140. The minimum atomic E-state index is 0.140. The molecule has 0 spiro atoms. The molecule has 0 saturated heterocycles. The maximum Gasteiger partial charge on any atom is 0.124 e. The molecule has 1 unspecified atom stereocenters. The van der Waals surface area contributed by atoms with Crippen molar-refractivity contribution in [1.82, 2.24) is 0 Å². The summed E-state index contributed by atoms with van der Waals surface area (Å²) in [5.74, 6) is 1.58. The van der Waals surface area contributed by atoms with E-state index in [9.17, 15) is 0 Å². The molecular formula is C14H21NO. The van der Waals surface area contributed by atoms with Gasteiger partial charge in [0.15, 0.2) is 0 Å². The first-order valence-corrected chi connectivity index (χ1v) is 6.24. The fourth-order valence-electron chi connectivity index (χ4n) is 2.17. The molecule has 2 heteroatoms. The molecule has 0 amide bonds. The second kappa shape index (κ2) is 4.88. The summed E-state index contributed by atoms with van der Waals surface area (Å²) in [7, 11) is 0. The number of rotatable bonds is 2. The van der Waals surface area contributed by atoms with Gasteiger partial charge < -0.3 is 10.5 Å². The van der Waals surface area contributed by atoms with Crippen LogP contribution in [0.2, 0.25) is 0 Å². The summed E-state index contributed by atoms with van der Waals surface area (Å²) in [6.07, 6.45) is 3.24. The smallest absolute Gasteiger partial charge is 0.124 e. The third-order valence-electron chi connectivity index (χ3n) is 3.53. The van der Waals surface area contributed by atoms with Gasteiger partial charge in [0.1, 0.15) is 5.75 Å². The summed E-state index contributed by atoms with van der Waals surface area (Å²) >= 11 is 0. The van der Waals surface area contributed by atoms with Crippen LogP contribution in [0.15, 0.2) is 18.2 Å². The van der Waals surface area contributed by atoms with Crippen molar-refractivity contribution < 1.29 is 4.74 Å². The lowest BCUT2D eigenvalue weighted by atomic mass is 9.93. The number of hydrogen-bond acceptors (Lipinski definition) is 2. The minimum Gasteiger partial charge on any atom is -0.493 e. The van der Waals surface area contributed by atoms with Crippen molar-refractivity contribution in [3.63, 3.8) is 0 Å². The molecule has 16 heavy (non-hydrogen) atoms. The summed E-state index contributed by atoms with van der Waals surface area (Å²) < 4.78 is 5.71. The number of ether oxygens (including phenoxy) is 1. The fraction of sp³-hybridized carbons (Fsp3) is 0.571. The van der Waals surface area contributed by atoms with Gasteiger partial charge in [-0.1, -0.05) is 26.0 Å². The van der Waals surface area contributed by atoms with Crippen LogP contribution in [0, 0.1) is 0 Å². The molecule has 2 rings (SSSR count). The van der Waals surface area contributed by atoms with Gasteiger partial charge in [0, 0.05) is 11.6 Å². The molecule has 2 nitrogen and oxygen atoms in total. The Balaban J connectivity index is 2.35. The predicted molar refractivity (Wildman–Crippen MR) is 66.8 cm³/mol. The largest absolute Gasteiger partial charge is 0.493 e. The predicted octanol–water partition coefficient (Wildman–Crippen LogP) is 3.37. The van der Waals surface area contributed by atoms with Crippen molar-refractivity contribution in [3.05, 3.63) is 29.3 Å². The Kier molecular flexibility index (Phi) is 3.49. The number of hydrogen-bond donors (Lipinski definition) is 1. The van der Waals surface area contributed by atoms with Crippen molar-refractivity contribution in [2.75, 3.05) is 6.61 Å². The monoisotopic (exact) mass is 219 g/mol. The van der Waals surface area contributed by atoms with E-state index in [2.05, 4.69) is 32.0 Å². The zero-order valence-electron chi connectivity index (χ0n) is 10.2. The Labute approximate surface area is 97.8 Å². The molecule has 0 aromatic heterocycles. The highest BCUT2D eigenvalue weighted by Crippen LogP contribution is 2.33. The normalized spacial score (nSPS) is 21.8. The van der Waals surface area contributed by atoms with Crippen molar-refractivity contribution in [2.45, 2.75) is 45.1 Å². The van der Waals surface area contributed by atoms with E-state index in [0.717, 1.165) is 31.6 Å². The van der Waals surface area contributed by atoms with Gasteiger partial charge in [-0.3, -0.25) is 0 Å². The van der Waals surface area contributed by atoms with Gasteiger partial charge in [0.25, 0.3) is 0 Å². The van der Waals surface area contributed by atoms with Crippen molar-refractivity contribution in [1.29, 1.82) is 0 Å². The SMILES string of the molecule is CCC(C)c1ccc2c(c1)[C@H](N)CCCO2. The number of fused-ring (bicyclic) bond motifs is 1. The van der Waals surface area contributed by atoms with Crippen LogP contribution in [-0.4, -0.2) is 6.61 Å². The molecule has 2 atom stereocenters. The Morgan fingerprint density at radius 2 is 2.31 bits per heavy atom. The van der Waals surface area contributed by atoms with E-state index in [1.807, 2.05) is 0 Å². The average molecular weight is 219 g/mol. The zero-order valence-corrected chi connectivity index (χ0v) is 10.2. The zero-order chi connectivity index (χ0) is 11.5. The molecule has 1 aromatic carbocycles. The lowest BCUT2D eigenvalue weighted by molar-refractivity contribution is 0.316. The Hall–Kier alpha value is -1.02. The van der Waals surface area contributed by atoms with Gasteiger partial charge in [-0.15, -0.1) is 0 Å². The van der Waals surface area contributed by atoms with Gasteiger partial charge in [-0.05, 0) is 36.8 Å². The standard InChI is InChI=1S/C14H21NO/c1-3-10(2)11-6-7-14-12(9-11)13(15)5-4-8-16-14/h6-7,9-10,13H,3-5,8,15H2,1-2H3/t10?,13-/m1/s1. The van der Waals surface area contributed by atoms with Crippen LogP contribution in [0.5, 0.6) is 5.75 Å². The molecule has 1 aliphatic rings. The fourth-order valence-corrected chi connectivity index (χ4v) is 2.17. The molecule has 0 aliphatic carbocycles. The number of nitrogens with two attached hydrogens (primary N) is 1. The van der Waals surface area contributed by atoms with Crippen molar-refractivity contribution >= 4 is 0 Å². The van der Waals surface area contributed by atoms with Crippen LogP contribution in [0.25, 0.3) is 0 Å². The maximum absolute atomic E-state index is 6.18. The lowest BCUT2D eigenvalue weighted by Gasteiger charge is -2.16. The second-order valence-corrected chi connectivity index (χ2v) is 4.70. The maximum atomic E-state index is 6.18. The Bertz CT molecular complexity index is 362. The summed E-state index contributed by atoms with van der Waals surface area (Å²) in [5.41, 5.74) is 8.74. The summed E-state index contributed by atoms with van der Waals surface area (Å²) in [6, 6.07) is 6.63.